The predicted molar refractivity (Wildman–Crippen MR) is 79.4 cm³/mol. The average Bonchev–Trinajstić information content (AvgIpc) is 3.05. The van der Waals surface area contributed by atoms with Gasteiger partial charge in [0, 0.05) is 30.2 Å². The van der Waals surface area contributed by atoms with Crippen LogP contribution < -0.4 is 5.32 Å². The first kappa shape index (κ1) is 12.9. The zero-order chi connectivity index (χ0) is 13.1. The quantitative estimate of drug-likeness (QED) is 0.905. The van der Waals surface area contributed by atoms with E-state index in [9.17, 15) is 0 Å². The van der Waals surface area contributed by atoms with E-state index in [4.69, 9.17) is 0 Å². The number of hydrogen-bond acceptors (Lipinski definition) is 3. The summed E-state index contributed by atoms with van der Waals surface area (Å²) in [6.07, 6.45) is 8.91. The smallest absolute Gasteiger partial charge is 0.0948 e. The molecule has 19 heavy (non-hydrogen) atoms. The van der Waals surface area contributed by atoms with Crippen LogP contribution in [0.25, 0.3) is 0 Å². The summed E-state index contributed by atoms with van der Waals surface area (Å²) in [4.78, 5) is 5.84. The monoisotopic (exact) mass is 275 g/mol. The lowest BCUT2D eigenvalue weighted by molar-refractivity contribution is 0.453. The zero-order valence-corrected chi connectivity index (χ0v) is 12.2. The number of nitrogens with one attached hydrogen (secondary N) is 1. The van der Waals surface area contributed by atoms with Crippen molar-refractivity contribution in [2.75, 3.05) is 0 Å². The van der Waals surface area contributed by atoms with Crippen LogP contribution in [-0.4, -0.2) is 9.55 Å². The van der Waals surface area contributed by atoms with Gasteiger partial charge in [0.05, 0.1) is 12.0 Å². The molecule has 1 aliphatic rings. The van der Waals surface area contributed by atoms with Crippen molar-refractivity contribution in [3.63, 3.8) is 0 Å². The molecular formula is C15H21N3S. The molecule has 1 unspecified atom stereocenters. The lowest BCUT2D eigenvalue weighted by atomic mass is 9.94. The molecule has 0 fully saturated rings. The van der Waals surface area contributed by atoms with Gasteiger partial charge in [-0.3, -0.25) is 0 Å². The molecule has 0 amide bonds. The van der Waals surface area contributed by atoms with Crippen molar-refractivity contribution in [3.8, 4) is 0 Å². The first-order valence-corrected chi connectivity index (χ1v) is 8.05. The van der Waals surface area contributed by atoms with Gasteiger partial charge in [-0.15, -0.1) is 11.3 Å². The molecule has 0 aliphatic heterocycles. The van der Waals surface area contributed by atoms with Crippen molar-refractivity contribution in [3.05, 3.63) is 40.1 Å². The largest absolute Gasteiger partial charge is 0.333 e. The van der Waals surface area contributed by atoms with Gasteiger partial charge in [-0.2, -0.15) is 0 Å². The number of fused-ring (bicyclic) bond motifs is 1. The Morgan fingerprint density at radius 2 is 2.47 bits per heavy atom. The minimum atomic E-state index is 0.528. The Balaban J connectivity index is 1.66. The zero-order valence-electron chi connectivity index (χ0n) is 11.4. The fraction of sp³-hybridized carbons (Fsp3) is 0.533. The van der Waals surface area contributed by atoms with E-state index in [0.717, 1.165) is 19.5 Å². The summed E-state index contributed by atoms with van der Waals surface area (Å²) in [5.74, 6) is 0. The maximum absolute atomic E-state index is 4.26. The Bertz CT molecular complexity index is 529. The highest BCUT2D eigenvalue weighted by molar-refractivity contribution is 7.10. The maximum atomic E-state index is 4.26. The number of imidazole rings is 1. The Kier molecular flexibility index (Phi) is 3.99. The third kappa shape index (κ3) is 2.74. The molecule has 0 aromatic carbocycles. The average molecular weight is 275 g/mol. The summed E-state index contributed by atoms with van der Waals surface area (Å²) in [7, 11) is 0. The van der Waals surface area contributed by atoms with E-state index in [2.05, 4.69) is 33.2 Å². The number of aromatic nitrogens is 2. The molecule has 3 rings (SSSR count). The number of thiophene rings is 1. The number of hydrogen-bond donors (Lipinski definition) is 1. The third-order valence-electron chi connectivity index (χ3n) is 3.84. The molecule has 0 spiro atoms. The van der Waals surface area contributed by atoms with Crippen LogP contribution in [0.3, 0.4) is 0 Å². The third-order valence-corrected chi connectivity index (χ3v) is 4.84. The Morgan fingerprint density at radius 3 is 3.37 bits per heavy atom. The van der Waals surface area contributed by atoms with E-state index in [-0.39, 0.29) is 0 Å². The molecule has 2 heterocycles. The molecule has 0 saturated heterocycles. The van der Waals surface area contributed by atoms with Crippen LogP contribution in [0.4, 0.5) is 0 Å². The van der Waals surface area contributed by atoms with Gasteiger partial charge in [-0.05, 0) is 42.7 Å². The lowest BCUT2D eigenvalue weighted by Crippen LogP contribution is -2.25. The van der Waals surface area contributed by atoms with Crippen molar-refractivity contribution in [1.82, 2.24) is 14.9 Å². The molecule has 2 aromatic rings. The van der Waals surface area contributed by atoms with E-state index < -0.39 is 0 Å². The highest BCUT2D eigenvalue weighted by Crippen LogP contribution is 2.33. The highest BCUT2D eigenvalue weighted by atomic mass is 32.1. The van der Waals surface area contributed by atoms with Crippen molar-refractivity contribution in [1.29, 1.82) is 0 Å². The summed E-state index contributed by atoms with van der Waals surface area (Å²) >= 11 is 1.91. The van der Waals surface area contributed by atoms with E-state index >= 15 is 0 Å². The van der Waals surface area contributed by atoms with Crippen molar-refractivity contribution in [2.45, 2.75) is 51.7 Å². The van der Waals surface area contributed by atoms with Crippen LogP contribution >= 0.6 is 11.3 Å². The SMILES string of the molecule is CCCn1cncc1CNC1CCCc2sccc21. The van der Waals surface area contributed by atoms with E-state index in [1.54, 1.807) is 4.88 Å². The van der Waals surface area contributed by atoms with E-state index in [1.165, 1.54) is 30.5 Å². The van der Waals surface area contributed by atoms with Gasteiger partial charge in [-0.25, -0.2) is 4.98 Å². The van der Waals surface area contributed by atoms with Crippen LogP contribution in [0.5, 0.6) is 0 Å². The van der Waals surface area contributed by atoms with Gasteiger partial charge in [0.2, 0.25) is 0 Å². The Morgan fingerprint density at radius 1 is 1.53 bits per heavy atom. The number of aryl methyl sites for hydroxylation is 2. The summed E-state index contributed by atoms with van der Waals surface area (Å²) in [6.45, 7) is 4.18. The van der Waals surface area contributed by atoms with Crippen LogP contribution in [-0.2, 0) is 19.5 Å². The fourth-order valence-corrected chi connectivity index (χ4v) is 3.85. The van der Waals surface area contributed by atoms with E-state index in [0.29, 0.717) is 6.04 Å². The predicted octanol–water partition coefficient (Wildman–Crippen LogP) is 3.52. The fourth-order valence-electron chi connectivity index (χ4n) is 2.86. The number of rotatable bonds is 5. The van der Waals surface area contributed by atoms with Gasteiger partial charge in [0.1, 0.15) is 0 Å². The minimum Gasteiger partial charge on any atom is -0.333 e. The van der Waals surface area contributed by atoms with Gasteiger partial charge < -0.3 is 9.88 Å². The second-order valence-corrected chi connectivity index (χ2v) is 6.20. The van der Waals surface area contributed by atoms with Crippen molar-refractivity contribution in [2.24, 2.45) is 0 Å². The van der Waals surface area contributed by atoms with Crippen LogP contribution in [0, 0.1) is 0 Å². The normalized spacial score (nSPS) is 18.5. The van der Waals surface area contributed by atoms with Gasteiger partial charge >= 0.3 is 0 Å². The molecule has 1 atom stereocenters. The molecule has 2 aromatic heterocycles. The summed E-state index contributed by atoms with van der Waals surface area (Å²) in [6, 6.07) is 2.82. The molecule has 0 radical (unpaired) electrons. The van der Waals surface area contributed by atoms with Gasteiger partial charge in [0.15, 0.2) is 0 Å². The molecule has 102 valence electrons. The lowest BCUT2D eigenvalue weighted by Gasteiger charge is -2.24. The molecule has 0 saturated carbocycles. The van der Waals surface area contributed by atoms with Crippen LogP contribution in [0.1, 0.15) is 48.4 Å². The molecular weight excluding hydrogens is 254 g/mol. The molecule has 0 bridgehead atoms. The topological polar surface area (TPSA) is 29.9 Å². The van der Waals surface area contributed by atoms with E-state index in [1.807, 2.05) is 23.9 Å². The van der Waals surface area contributed by atoms with Gasteiger partial charge in [0.25, 0.3) is 0 Å². The summed E-state index contributed by atoms with van der Waals surface area (Å²) < 4.78 is 2.25. The minimum absolute atomic E-state index is 0.528. The van der Waals surface area contributed by atoms with Crippen LogP contribution in [0.15, 0.2) is 24.0 Å². The second kappa shape index (κ2) is 5.88. The summed E-state index contributed by atoms with van der Waals surface area (Å²) in [5.41, 5.74) is 2.82. The molecule has 4 heteroatoms. The first-order valence-electron chi connectivity index (χ1n) is 7.17. The summed E-state index contributed by atoms with van der Waals surface area (Å²) in [5, 5.41) is 5.94. The molecule has 1 aliphatic carbocycles. The Hall–Kier alpha value is -1.13. The second-order valence-electron chi connectivity index (χ2n) is 5.20. The van der Waals surface area contributed by atoms with Crippen molar-refractivity contribution < 1.29 is 0 Å². The Labute approximate surface area is 118 Å². The highest BCUT2D eigenvalue weighted by Gasteiger charge is 2.20. The molecule has 1 N–H and O–H groups in total. The van der Waals surface area contributed by atoms with Gasteiger partial charge in [-0.1, -0.05) is 6.92 Å². The van der Waals surface area contributed by atoms with Crippen LogP contribution in [0.2, 0.25) is 0 Å². The number of nitrogens with zero attached hydrogens (tertiary/aromatic N) is 2. The first-order chi connectivity index (χ1) is 9.38. The molecule has 3 nitrogen and oxygen atoms in total. The maximum Gasteiger partial charge on any atom is 0.0948 e. The van der Waals surface area contributed by atoms with Crippen molar-refractivity contribution >= 4 is 11.3 Å². The standard InChI is InChI=1S/C15H21N3S/c1-2-7-18-11-16-9-12(18)10-17-14-4-3-5-15-13(14)6-8-19-15/h6,8-9,11,14,17H,2-5,7,10H2,1H3.